The predicted octanol–water partition coefficient (Wildman–Crippen LogP) is 7.14. The van der Waals surface area contributed by atoms with E-state index in [-0.39, 0.29) is 0 Å². The van der Waals surface area contributed by atoms with E-state index in [1.165, 1.54) is 101 Å². The van der Waals surface area contributed by atoms with Gasteiger partial charge in [-0.3, -0.25) is 0 Å². The van der Waals surface area contributed by atoms with Gasteiger partial charge in [0.1, 0.15) is 5.75 Å². The van der Waals surface area contributed by atoms with E-state index in [0.29, 0.717) is 6.54 Å². The Morgan fingerprint density at radius 1 is 0.676 bits per heavy atom. The summed E-state index contributed by atoms with van der Waals surface area (Å²) >= 11 is 0. The molecule has 1 rings (SSSR count). The second-order valence-corrected chi connectivity index (χ2v) is 9.80. The molecule has 0 bridgehead atoms. The molecule has 4 N–H and O–H groups in total. The molecule has 4 nitrogen and oxygen atoms in total. The van der Waals surface area contributed by atoms with Gasteiger partial charge < -0.3 is 21.1 Å². The Hall–Kier alpha value is -1.10. The zero-order valence-electron chi connectivity index (χ0n) is 22.8. The van der Waals surface area contributed by atoms with Crippen molar-refractivity contribution in [2.24, 2.45) is 5.73 Å². The highest BCUT2D eigenvalue weighted by Crippen LogP contribution is 2.25. The average Bonchev–Trinajstić information content (AvgIpc) is 2.85. The van der Waals surface area contributed by atoms with E-state index in [0.717, 1.165) is 51.4 Å². The molecule has 0 heterocycles. The van der Waals surface area contributed by atoms with E-state index in [9.17, 15) is 0 Å². The number of hydrogen-bond donors (Lipinski definition) is 3. The van der Waals surface area contributed by atoms with Gasteiger partial charge in [0.05, 0.1) is 6.61 Å². The van der Waals surface area contributed by atoms with Crippen LogP contribution >= 0.6 is 0 Å². The van der Waals surface area contributed by atoms with Crippen molar-refractivity contribution in [3.05, 3.63) is 29.3 Å². The van der Waals surface area contributed by atoms with Crippen molar-refractivity contribution in [2.75, 3.05) is 32.8 Å². The quantitative estimate of drug-likeness (QED) is 0.132. The third-order valence-corrected chi connectivity index (χ3v) is 6.64. The zero-order valence-corrected chi connectivity index (χ0v) is 22.8. The minimum Gasteiger partial charge on any atom is -0.493 e. The van der Waals surface area contributed by atoms with Crippen molar-refractivity contribution in [3.8, 4) is 5.75 Å². The van der Waals surface area contributed by atoms with Gasteiger partial charge in [-0.05, 0) is 30.9 Å². The Kier molecular flexibility index (Phi) is 21.5. The maximum atomic E-state index is 6.16. The Balaban J connectivity index is 2.29. The molecular weight excluding hydrogens is 418 g/mol. The summed E-state index contributed by atoms with van der Waals surface area (Å²) in [7, 11) is 0. The second-order valence-electron chi connectivity index (χ2n) is 9.80. The highest BCUT2D eigenvalue weighted by molar-refractivity contribution is 5.40. The van der Waals surface area contributed by atoms with E-state index in [1.807, 2.05) is 0 Å². The van der Waals surface area contributed by atoms with Gasteiger partial charge in [0.2, 0.25) is 0 Å². The lowest BCUT2D eigenvalue weighted by Crippen LogP contribution is -2.30. The average molecular weight is 476 g/mol. The van der Waals surface area contributed by atoms with Gasteiger partial charge in [0, 0.05) is 38.3 Å². The van der Waals surface area contributed by atoms with E-state index in [4.69, 9.17) is 10.5 Å². The number of unbranched alkanes of at least 4 members (excludes halogenated alkanes) is 13. The van der Waals surface area contributed by atoms with Crippen LogP contribution in [0.3, 0.4) is 0 Å². The van der Waals surface area contributed by atoms with Crippen molar-refractivity contribution in [1.29, 1.82) is 0 Å². The lowest BCUT2D eigenvalue weighted by atomic mass is 9.99. The Labute approximate surface area is 212 Å². The van der Waals surface area contributed by atoms with Crippen LogP contribution in [0, 0.1) is 0 Å². The molecule has 0 unspecified atom stereocenters. The van der Waals surface area contributed by atoms with Crippen molar-refractivity contribution < 1.29 is 4.74 Å². The van der Waals surface area contributed by atoms with Crippen LogP contribution in [0.5, 0.6) is 5.75 Å². The first-order chi connectivity index (χ1) is 16.8. The summed E-state index contributed by atoms with van der Waals surface area (Å²) in [5.74, 6) is 1.07. The first kappa shape index (κ1) is 30.9. The molecule has 198 valence electrons. The largest absolute Gasteiger partial charge is 0.493 e. The highest BCUT2D eigenvalue weighted by Gasteiger charge is 2.09. The number of rotatable bonds is 25. The smallest absolute Gasteiger partial charge is 0.124 e. The molecule has 1 aromatic rings. The fraction of sp³-hybridized carbons (Fsp3) is 0.800. The molecule has 0 saturated carbocycles. The summed E-state index contributed by atoms with van der Waals surface area (Å²) in [6, 6.07) is 6.62. The van der Waals surface area contributed by atoms with Gasteiger partial charge in [-0.1, -0.05) is 109 Å². The summed E-state index contributed by atoms with van der Waals surface area (Å²) in [4.78, 5) is 0. The minimum absolute atomic E-state index is 0.692. The van der Waals surface area contributed by atoms with Gasteiger partial charge >= 0.3 is 0 Å². The summed E-state index contributed by atoms with van der Waals surface area (Å²) < 4.78 is 6.16. The monoisotopic (exact) mass is 475 g/mol. The molecule has 34 heavy (non-hydrogen) atoms. The Morgan fingerprint density at radius 3 is 1.88 bits per heavy atom. The number of benzene rings is 1. The molecule has 0 aromatic heterocycles. The van der Waals surface area contributed by atoms with Crippen LogP contribution in [0.15, 0.2) is 18.2 Å². The summed E-state index contributed by atoms with van der Waals surface area (Å²) in [6.07, 6.45) is 21.7. The number of hydrogen-bond acceptors (Lipinski definition) is 4. The van der Waals surface area contributed by atoms with Crippen LogP contribution in [0.25, 0.3) is 0 Å². The molecule has 4 heteroatoms. The highest BCUT2D eigenvalue weighted by atomic mass is 16.5. The number of nitrogens with two attached hydrogens (primary N) is 1. The summed E-state index contributed by atoms with van der Waals surface area (Å²) in [5.41, 5.74) is 8.37. The second kappa shape index (κ2) is 23.6. The van der Waals surface area contributed by atoms with Crippen molar-refractivity contribution in [3.63, 3.8) is 0 Å². The minimum atomic E-state index is 0.692. The first-order valence-electron chi connectivity index (χ1n) is 14.7. The molecule has 0 aliphatic rings. The molecular formula is C30H57N3O. The maximum Gasteiger partial charge on any atom is 0.124 e. The molecule has 0 radical (unpaired) electrons. The van der Waals surface area contributed by atoms with E-state index in [1.54, 1.807) is 0 Å². The first-order valence-corrected chi connectivity index (χ1v) is 14.7. The third-order valence-electron chi connectivity index (χ3n) is 6.64. The molecule has 0 spiro atoms. The molecule has 0 saturated heterocycles. The van der Waals surface area contributed by atoms with Crippen molar-refractivity contribution >= 4 is 0 Å². The van der Waals surface area contributed by atoms with Crippen LogP contribution in [0.1, 0.15) is 121 Å². The van der Waals surface area contributed by atoms with Gasteiger partial charge in [-0.2, -0.15) is 0 Å². The van der Waals surface area contributed by atoms with Crippen LogP contribution in [-0.2, 0) is 13.0 Å². The zero-order chi connectivity index (χ0) is 24.5. The molecule has 0 amide bonds. The molecule has 0 fully saturated rings. The van der Waals surface area contributed by atoms with E-state index >= 15 is 0 Å². The topological polar surface area (TPSA) is 59.3 Å². The van der Waals surface area contributed by atoms with Gasteiger partial charge in [-0.25, -0.2) is 0 Å². The summed E-state index contributed by atoms with van der Waals surface area (Å²) in [5, 5.41) is 6.95. The fourth-order valence-corrected chi connectivity index (χ4v) is 4.46. The van der Waals surface area contributed by atoms with Crippen molar-refractivity contribution in [2.45, 2.75) is 123 Å². The van der Waals surface area contributed by atoms with Gasteiger partial charge in [0.25, 0.3) is 0 Å². The van der Waals surface area contributed by atoms with Gasteiger partial charge in [-0.15, -0.1) is 0 Å². The normalized spacial score (nSPS) is 11.3. The van der Waals surface area contributed by atoms with Crippen molar-refractivity contribution in [1.82, 2.24) is 10.6 Å². The Bertz CT molecular complexity index is 564. The predicted molar refractivity (Wildman–Crippen MR) is 150 cm³/mol. The number of nitrogens with one attached hydrogen (secondary N) is 2. The van der Waals surface area contributed by atoms with Crippen LogP contribution in [-0.4, -0.2) is 32.8 Å². The lowest BCUT2D eigenvalue weighted by Gasteiger charge is -2.17. The number of ether oxygens (including phenoxy) is 1. The molecule has 1 aromatic carbocycles. The fourth-order valence-electron chi connectivity index (χ4n) is 4.46. The van der Waals surface area contributed by atoms with E-state index in [2.05, 4.69) is 42.7 Å². The maximum absolute atomic E-state index is 6.16. The SMILES string of the molecule is CCCCCCCCCCCCCCCc1cccc(OCCCC)c1CNCCNCCN. The standard InChI is InChI=1S/C30H57N3O/c1-3-5-7-8-9-10-11-12-13-14-15-16-17-19-28-20-18-21-30(34-26-6-4-2)29(28)27-33-25-24-32-23-22-31/h18,20-21,32-33H,3-17,19,22-27,31H2,1-2H3. The lowest BCUT2D eigenvalue weighted by molar-refractivity contribution is 0.305. The van der Waals surface area contributed by atoms with Crippen LogP contribution < -0.4 is 21.1 Å². The number of aryl methyl sites for hydroxylation is 1. The van der Waals surface area contributed by atoms with Crippen LogP contribution in [0.4, 0.5) is 0 Å². The molecule has 0 aliphatic carbocycles. The van der Waals surface area contributed by atoms with Gasteiger partial charge in [0.15, 0.2) is 0 Å². The van der Waals surface area contributed by atoms with Crippen LogP contribution in [0.2, 0.25) is 0 Å². The molecule has 0 atom stereocenters. The Morgan fingerprint density at radius 2 is 1.26 bits per heavy atom. The molecule has 0 aliphatic heterocycles. The van der Waals surface area contributed by atoms with E-state index < -0.39 is 0 Å². The summed E-state index contributed by atoms with van der Waals surface area (Å²) in [6.45, 7) is 9.66. The third kappa shape index (κ3) is 16.5.